The van der Waals surface area contributed by atoms with Gasteiger partial charge < -0.3 is 25.2 Å². The molecular formula is C34H36N6O5. The number of aliphatic hydroxyl groups excluding tert-OH is 1. The van der Waals surface area contributed by atoms with Crippen molar-refractivity contribution in [2.75, 3.05) is 25.5 Å². The minimum absolute atomic E-state index is 0.0245. The lowest BCUT2D eigenvalue weighted by Crippen LogP contribution is -2.40. The van der Waals surface area contributed by atoms with Crippen molar-refractivity contribution in [3.05, 3.63) is 88.8 Å². The van der Waals surface area contributed by atoms with Gasteiger partial charge in [0, 0.05) is 18.7 Å². The number of nitrogens with zero attached hydrogens (tertiary/aromatic N) is 5. The van der Waals surface area contributed by atoms with E-state index in [1.165, 1.54) is 41.6 Å². The molecule has 0 bridgehead atoms. The maximum absolute atomic E-state index is 12.2. The molecule has 1 unspecified atom stereocenters. The fraction of sp³-hybridized carbons (Fsp3) is 0.324. The van der Waals surface area contributed by atoms with Gasteiger partial charge in [0.25, 0.3) is 5.91 Å². The minimum Gasteiger partial charge on any atom is -0.480 e. The van der Waals surface area contributed by atoms with Crippen LogP contribution in [-0.4, -0.2) is 73.0 Å². The SMILES string of the molecule is CCc1nc(NC2CCc3cccc(-c4cccc(-n5ncc(C(=O)O)c5OC)n4)c32)ccc1C1=CCN(C(=O)[C@H](C)O)CC1. The summed E-state index contributed by atoms with van der Waals surface area (Å²) in [6.07, 6.45) is 5.64. The number of hydrogen-bond donors (Lipinski definition) is 3. The fourth-order valence-corrected chi connectivity index (χ4v) is 6.29. The number of aliphatic hydroxyl groups is 1. The number of amides is 1. The van der Waals surface area contributed by atoms with Gasteiger partial charge in [0.1, 0.15) is 17.5 Å². The van der Waals surface area contributed by atoms with Gasteiger partial charge in [-0.05, 0) is 79.1 Å². The maximum atomic E-state index is 12.2. The van der Waals surface area contributed by atoms with E-state index >= 15 is 0 Å². The van der Waals surface area contributed by atoms with Crippen LogP contribution < -0.4 is 10.1 Å². The highest BCUT2D eigenvalue weighted by molar-refractivity contribution is 5.90. The minimum atomic E-state index is -1.12. The van der Waals surface area contributed by atoms with E-state index in [2.05, 4.69) is 41.6 Å². The Morgan fingerprint density at radius 1 is 1.09 bits per heavy atom. The Kier molecular flexibility index (Phi) is 8.36. The normalized spacial score (nSPS) is 16.6. The number of carboxylic acid groups (broad SMARTS) is 1. The molecule has 4 heterocycles. The number of methoxy groups -OCH3 is 1. The molecule has 4 aromatic rings. The zero-order valence-corrected chi connectivity index (χ0v) is 25.5. The van der Waals surface area contributed by atoms with Crippen LogP contribution in [0.3, 0.4) is 0 Å². The zero-order valence-electron chi connectivity index (χ0n) is 25.5. The first-order valence-electron chi connectivity index (χ1n) is 15.2. The van der Waals surface area contributed by atoms with E-state index in [1.54, 1.807) is 11.0 Å². The number of rotatable bonds is 9. The van der Waals surface area contributed by atoms with Crippen LogP contribution >= 0.6 is 0 Å². The van der Waals surface area contributed by atoms with Gasteiger partial charge in [-0.1, -0.05) is 37.3 Å². The highest BCUT2D eigenvalue weighted by atomic mass is 16.5. The van der Waals surface area contributed by atoms with E-state index in [0.29, 0.717) is 25.3 Å². The molecular weight excluding hydrogens is 572 g/mol. The van der Waals surface area contributed by atoms with Gasteiger partial charge in [-0.25, -0.2) is 14.8 Å². The number of carbonyl (C=O) groups excluding carboxylic acids is 1. The van der Waals surface area contributed by atoms with Crippen LogP contribution in [0.5, 0.6) is 5.88 Å². The monoisotopic (exact) mass is 608 g/mol. The summed E-state index contributed by atoms with van der Waals surface area (Å²) >= 11 is 0. The molecule has 11 nitrogen and oxygen atoms in total. The Hall–Kier alpha value is -5.03. The topological polar surface area (TPSA) is 143 Å². The number of hydrogen-bond acceptors (Lipinski definition) is 8. The number of aryl methyl sites for hydroxylation is 2. The number of aromatic carboxylic acids is 1. The van der Waals surface area contributed by atoms with Gasteiger partial charge in [-0.15, -0.1) is 0 Å². The predicted octanol–water partition coefficient (Wildman–Crippen LogP) is 4.69. The number of aromatic nitrogens is 4. The van der Waals surface area contributed by atoms with Gasteiger partial charge in [0.15, 0.2) is 5.82 Å². The van der Waals surface area contributed by atoms with Crippen molar-refractivity contribution in [2.24, 2.45) is 0 Å². The summed E-state index contributed by atoms with van der Waals surface area (Å²) in [4.78, 5) is 35.4. The van der Waals surface area contributed by atoms with Crippen molar-refractivity contribution in [3.8, 4) is 23.0 Å². The molecule has 0 fully saturated rings. The Bertz CT molecular complexity index is 1800. The molecule has 45 heavy (non-hydrogen) atoms. The summed E-state index contributed by atoms with van der Waals surface area (Å²) in [5, 5.41) is 27.1. The molecule has 1 aromatic carbocycles. The highest BCUT2D eigenvalue weighted by Crippen LogP contribution is 2.40. The molecule has 3 N–H and O–H groups in total. The molecule has 11 heteroatoms. The van der Waals surface area contributed by atoms with Crippen molar-refractivity contribution in [2.45, 2.75) is 51.7 Å². The maximum Gasteiger partial charge on any atom is 0.342 e. The second-order valence-electron chi connectivity index (χ2n) is 11.3. The fourth-order valence-electron chi connectivity index (χ4n) is 6.29. The summed E-state index contributed by atoms with van der Waals surface area (Å²) in [5.41, 5.74) is 7.39. The lowest BCUT2D eigenvalue weighted by Gasteiger charge is -2.28. The van der Waals surface area contributed by atoms with E-state index in [0.717, 1.165) is 47.6 Å². The number of anilines is 1. The van der Waals surface area contributed by atoms with Crippen molar-refractivity contribution in [1.82, 2.24) is 24.6 Å². The quantitative estimate of drug-likeness (QED) is 0.247. The van der Waals surface area contributed by atoms with Crippen LogP contribution in [0.4, 0.5) is 5.82 Å². The molecule has 0 radical (unpaired) electrons. The zero-order chi connectivity index (χ0) is 31.7. The van der Waals surface area contributed by atoms with Crippen LogP contribution in [0.25, 0.3) is 22.6 Å². The average Bonchev–Trinajstić information content (AvgIpc) is 3.69. The van der Waals surface area contributed by atoms with Crippen LogP contribution in [0.2, 0.25) is 0 Å². The number of benzene rings is 1. The molecule has 6 rings (SSSR count). The summed E-state index contributed by atoms with van der Waals surface area (Å²) in [7, 11) is 1.41. The van der Waals surface area contributed by atoms with Gasteiger partial charge >= 0.3 is 5.97 Å². The number of ether oxygens (including phenoxy) is 1. The third kappa shape index (κ3) is 5.78. The molecule has 3 aromatic heterocycles. The van der Waals surface area contributed by atoms with Gasteiger partial charge in [-0.3, -0.25) is 4.79 Å². The lowest BCUT2D eigenvalue weighted by atomic mass is 9.96. The average molecular weight is 609 g/mol. The molecule has 2 atom stereocenters. The second kappa shape index (κ2) is 12.5. The summed E-state index contributed by atoms with van der Waals surface area (Å²) in [6, 6.07) is 16.0. The van der Waals surface area contributed by atoms with Crippen molar-refractivity contribution in [3.63, 3.8) is 0 Å². The third-order valence-electron chi connectivity index (χ3n) is 8.48. The number of nitrogens with one attached hydrogen (secondary N) is 1. The van der Waals surface area contributed by atoms with Crippen molar-refractivity contribution in [1.29, 1.82) is 0 Å². The summed E-state index contributed by atoms with van der Waals surface area (Å²) in [6.45, 7) is 4.65. The lowest BCUT2D eigenvalue weighted by molar-refractivity contribution is -0.138. The molecule has 0 saturated heterocycles. The largest absolute Gasteiger partial charge is 0.480 e. The van der Waals surface area contributed by atoms with Crippen molar-refractivity contribution >= 4 is 23.3 Å². The molecule has 1 aliphatic carbocycles. The van der Waals surface area contributed by atoms with Crippen molar-refractivity contribution < 1.29 is 24.5 Å². The van der Waals surface area contributed by atoms with Gasteiger partial charge in [0.2, 0.25) is 5.88 Å². The predicted molar refractivity (Wildman–Crippen MR) is 169 cm³/mol. The Morgan fingerprint density at radius 3 is 2.62 bits per heavy atom. The second-order valence-corrected chi connectivity index (χ2v) is 11.3. The standard InChI is InChI=1S/C34H36N6O5/c1-4-26-23(21-15-17-39(18-16-21)32(42)20(2)41)12-14-29(36-26)37-28-13-11-22-7-5-8-24(31(22)28)27-9-6-10-30(38-27)40-33(45-3)25(19-35-40)34(43)44/h5-10,12,14-15,19-20,28,41H,4,11,13,16-18H2,1-3H3,(H,36,37)(H,43,44)/t20-,28?/m0/s1. The first kappa shape index (κ1) is 30.0. The molecule has 232 valence electrons. The van der Waals surface area contributed by atoms with E-state index in [1.807, 2.05) is 24.3 Å². The van der Waals surface area contributed by atoms with Gasteiger partial charge in [-0.2, -0.15) is 9.78 Å². The third-order valence-corrected chi connectivity index (χ3v) is 8.48. The highest BCUT2D eigenvalue weighted by Gasteiger charge is 2.28. The molecule has 1 amide bonds. The van der Waals surface area contributed by atoms with E-state index in [4.69, 9.17) is 14.7 Å². The van der Waals surface area contributed by atoms with Crippen LogP contribution in [-0.2, 0) is 17.6 Å². The molecule has 2 aliphatic rings. The van der Waals surface area contributed by atoms with Gasteiger partial charge in [0.05, 0.1) is 30.7 Å². The smallest absolute Gasteiger partial charge is 0.342 e. The van der Waals surface area contributed by atoms with E-state index < -0.39 is 12.1 Å². The Labute approximate surface area is 261 Å². The first-order chi connectivity index (χ1) is 21.8. The number of carboxylic acids is 1. The van der Waals surface area contributed by atoms with E-state index in [-0.39, 0.29) is 23.4 Å². The molecule has 0 saturated carbocycles. The van der Waals surface area contributed by atoms with E-state index in [9.17, 15) is 19.8 Å². The van der Waals surface area contributed by atoms with Crippen LogP contribution in [0.1, 0.15) is 65.5 Å². The molecule has 1 aliphatic heterocycles. The summed E-state index contributed by atoms with van der Waals surface area (Å²) < 4.78 is 6.75. The Balaban J connectivity index is 1.27. The number of carbonyl (C=O) groups is 2. The molecule has 0 spiro atoms. The number of fused-ring (bicyclic) bond motifs is 1. The van der Waals surface area contributed by atoms with Crippen LogP contribution in [0, 0.1) is 0 Å². The number of pyridine rings is 2. The first-order valence-corrected chi connectivity index (χ1v) is 15.2. The summed E-state index contributed by atoms with van der Waals surface area (Å²) in [5.74, 6) is 0.00114. The van der Waals surface area contributed by atoms with Crippen LogP contribution in [0.15, 0.2) is 60.8 Å². The Morgan fingerprint density at radius 2 is 1.91 bits per heavy atom.